The highest BCUT2D eigenvalue weighted by Gasteiger charge is 2.35. The molecule has 3 N–H and O–H groups in total. The number of rotatable bonds is 11. The molecule has 0 saturated carbocycles. The fourth-order valence-corrected chi connectivity index (χ4v) is 5.09. The molecule has 0 spiro atoms. The lowest BCUT2D eigenvalue weighted by atomic mass is 10.0. The van der Waals surface area contributed by atoms with E-state index in [0.717, 1.165) is 16.5 Å². The summed E-state index contributed by atoms with van der Waals surface area (Å²) in [5.74, 6) is -1.97. The fourth-order valence-electron chi connectivity index (χ4n) is 5.09. The number of pyridine rings is 1. The largest absolute Gasteiger partial charge is 0.455 e. The number of benzene rings is 1. The maximum absolute atomic E-state index is 13.7. The topological polar surface area (TPSA) is 148 Å². The zero-order chi connectivity index (χ0) is 31.8. The summed E-state index contributed by atoms with van der Waals surface area (Å²) < 4.78 is 7.34. The van der Waals surface area contributed by atoms with Crippen LogP contribution in [0.1, 0.15) is 64.8 Å². The highest BCUT2D eigenvalue weighted by molar-refractivity contribution is 5.92. The molecule has 3 amide bonds. The second-order valence-electron chi connectivity index (χ2n) is 11.3. The molecule has 4 atom stereocenters. The van der Waals surface area contributed by atoms with Crippen molar-refractivity contribution in [3.05, 3.63) is 66.1 Å². The van der Waals surface area contributed by atoms with Gasteiger partial charge in [0, 0.05) is 31.2 Å². The number of nitrogens with one attached hydrogen (secondary N) is 3. The van der Waals surface area contributed by atoms with Crippen LogP contribution in [0.5, 0.6) is 0 Å². The molecule has 2 aromatic heterocycles. The summed E-state index contributed by atoms with van der Waals surface area (Å²) in [5.41, 5.74) is 5.46. The first-order chi connectivity index (χ1) is 21.0. The molecule has 1 aliphatic rings. The summed E-state index contributed by atoms with van der Waals surface area (Å²) in [6.07, 6.45) is 7.64. The zero-order valence-electron chi connectivity index (χ0n) is 25.8. The van der Waals surface area contributed by atoms with Gasteiger partial charge in [-0.15, -0.1) is 0 Å². The van der Waals surface area contributed by atoms with E-state index in [2.05, 4.69) is 21.2 Å². The number of hydrazine groups is 1. The van der Waals surface area contributed by atoms with E-state index in [4.69, 9.17) is 9.72 Å². The van der Waals surface area contributed by atoms with Crippen LogP contribution in [0.4, 0.5) is 0 Å². The number of allylic oxidation sites excluding steroid dienone is 1. The van der Waals surface area contributed by atoms with Gasteiger partial charge in [-0.2, -0.15) is 5.10 Å². The third kappa shape index (κ3) is 8.28. The monoisotopic (exact) mass is 603 g/mol. The quantitative estimate of drug-likeness (QED) is 0.284. The van der Waals surface area contributed by atoms with Crippen LogP contribution in [0.25, 0.3) is 17.0 Å². The smallest absolute Gasteiger partial charge is 0.325 e. The molecule has 0 aliphatic carbocycles. The van der Waals surface area contributed by atoms with Crippen LogP contribution in [0, 0.1) is 5.92 Å². The van der Waals surface area contributed by atoms with Crippen molar-refractivity contribution >= 4 is 40.7 Å². The number of esters is 1. The van der Waals surface area contributed by atoms with Crippen LogP contribution in [0.3, 0.4) is 0 Å². The molecular formula is C32H41N7O5. The maximum atomic E-state index is 13.7. The first-order valence-corrected chi connectivity index (χ1v) is 14.9. The number of ether oxygens (including phenoxy) is 1. The van der Waals surface area contributed by atoms with Gasteiger partial charge < -0.3 is 15.4 Å². The Balaban J connectivity index is 1.44. The summed E-state index contributed by atoms with van der Waals surface area (Å²) >= 11 is 0. The van der Waals surface area contributed by atoms with Gasteiger partial charge in [0.2, 0.25) is 11.8 Å². The van der Waals surface area contributed by atoms with Crippen molar-refractivity contribution < 1.29 is 23.9 Å². The molecule has 44 heavy (non-hydrogen) atoms. The average molecular weight is 604 g/mol. The van der Waals surface area contributed by atoms with Gasteiger partial charge in [0.1, 0.15) is 24.2 Å². The molecule has 1 aromatic carbocycles. The van der Waals surface area contributed by atoms with Crippen LogP contribution >= 0.6 is 0 Å². The van der Waals surface area contributed by atoms with E-state index in [1.165, 1.54) is 11.9 Å². The molecule has 3 aromatic rings. The summed E-state index contributed by atoms with van der Waals surface area (Å²) in [6.45, 7) is 9.08. The van der Waals surface area contributed by atoms with Crippen LogP contribution in [0.15, 0.2) is 54.9 Å². The first kappa shape index (κ1) is 32.3. The average Bonchev–Trinajstić information content (AvgIpc) is 3.52. The standard InChI is InChI=1S/C32H41N7O5/c1-6-9-23-11-12-24-13-14-25(35-27(24)18-23)21(4)44-32(43)26-10-7-17-39(37-26)31(42)28(19-38-16-8-15-33-38)36-30(41)29(20(2)3)34-22(5)40/h6,8-9,11-16,18,20-21,26,28-29,37H,7,10,17,19H2,1-5H3,(H,34,40)(H,36,41)/b9-6+/t21-,26+,28+,29+/m1/s1. The maximum Gasteiger partial charge on any atom is 0.325 e. The van der Waals surface area contributed by atoms with E-state index < -0.39 is 42.0 Å². The Kier molecular flexibility index (Phi) is 10.8. The third-order valence-electron chi connectivity index (χ3n) is 7.39. The highest BCUT2D eigenvalue weighted by Crippen LogP contribution is 2.22. The first-order valence-electron chi connectivity index (χ1n) is 14.9. The number of carbonyl (C=O) groups is 4. The molecule has 0 radical (unpaired) electrons. The van der Waals surface area contributed by atoms with E-state index in [1.54, 1.807) is 30.1 Å². The molecule has 0 unspecified atom stereocenters. The van der Waals surface area contributed by atoms with Crippen molar-refractivity contribution in [3.63, 3.8) is 0 Å². The molecule has 234 valence electrons. The molecule has 1 aliphatic heterocycles. The number of hydrogen-bond acceptors (Lipinski definition) is 8. The van der Waals surface area contributed by atoms with E-state index in [1.807, 2.05) is 63.3 Å². The van der Waals surface area contributed by atoms with E-state index >= 15 is 0 Å². The van der Waals surface area contributed by atoms with Gasteiger partial charge in [0.25, 0.3) is 5.91 Å². The Morgan fingerprint density at radius 2 is 1.91 bits per heavy atom. The number of fused-ring (bicyclic) bond motifs is 1. The van der Waals surface area contributed by atoms with Gasteiger partial charge >= 0.3 is 5.97 Å². The van der Waals surface area contributed by atoms with Gasteiger partial charge in [-0.3, -0.25) is 28.9 Å². The van der Waals surface area contributed by atoms with E-state index in [0.29, 0.717) is 25.1 Å². The summed E-state index contributed by atoms with van der Waals surface area (Å²) in [6, 6.07) is 8.92. The van der Waals surface area contributed by atoms with Crippen molar-refractivity contribution in [1.82, 2.24) is 35.8 Å². The van der Waals surface area contributed by atoms with Crippen molar-refractivity contribution in [1.29, 1.82) is 0 Å². The number of carbonyl (C=O) groups excluding carboxylic acids is 4. The molecule has 12 nitrogen and oxygen atoms in total. The zero-order valence-corrected chi connectivity index (χ0v) is 25.8. The van der Waals surface area contributed by atoms with Crippen molar-refractivity contribution in [2.24, 2.45) is 5.92 Å². The van der Waals surface area contributed by atoms with Crippen molar-refractivity contribution in [2.45, 2.75) is 78.2 Å². The van der Waals surface area contributed by atoms with Crippen molar-refractivity contribution in [2.75, 3.05) is 6.54 Å². The molecule has 4 rings (SSSR count). The van der Waals surface area contributed by atoms with Gasteiger partial charge in [-0.05, 0) is 56.4 Å². The predicted molar refractivity (Wildman–Crippen MR) is 165 cm³/mol. The lowest BCUT2D eigenvalue weighted by molar-refractivity contribution is -0.157. The van der Waals surface area contributed by atoms with Gasteiger partial charge in [-0.1, -0.05) is 44.2 Å². The van der Waals surface area contributed by atoms with Crippen molar-refractivity contribution in [3.8, 4) is 0 Å². The minimum atomic E-state index is -1.01. The minimum Gasteiger partial charge on any atom is -0.455 e. The molecule has 0 bridgehead atoms. The summed E-state index contributed by atoms with van der Waals surface area (Å²) in [4.78, 5) is 56.6. The minimum absolute atomic E-state index is 0.0657. The Hall–Kier alpha value is -4.58. The Morgan fingerprint density at radius 1 is 1.14 bits per heavy atom. The lowest BCUT2D eigenvalue weighted by Crippen LogP contribution is -2.62. The summed E-state index contributed by atoms with van der Waals surface area (Å²) in [5, 5.41) is 12.0. The normalized spacial score (nSPS) is 17.3. The molecule has 1 saturated heterocycles. The summed E-state index contributed by atoms with van der Waals surface area (Å²) in [7, 11) is 0. The number of amides is 3. The fraction of sp³-hybridized carbons (Fsp3) is 0.438. The Bertz CT molecular complexity index is 1500. The second kappa shape index (κ2) is 14.7. The number of aromatic nitrogens is 3. The molecular weight excluding hydrogens is 562 g/mol. The Labute approximate surface area is 257 Å². The van der Waals surface area contributed by atoms with Crippen LogP contribution < -0.4 is 16.1 Å². The van der Waals surface area contributed by atoms with Gasteiger partial charge in [0.05, 0.1) is 17.8 Å². The van der Waals surface area contributed by atoms with Gasteiger partial charge in [0.15, 0.2) is 0 Å². The molecule has 12 heteroatoms. The van der Waals surface area contributed by atoms with E-state index in [-0.39, 0.29) is 18.4 Å². The lowest BCUT2D eigenvalue weighted by Gasteiger charge is -2.35. The van der Waals surface area contributed by atoms with Crippen LogP contribution in [-0.4, -0.2) is 68.1 Å². The molecule has 3 heterocycles. The van der Waals surface area contributed by atoms with Gasteiger partial charge in [-0.25, -0.2) is 10.4 Å². The molecule has 1 fully saturated rings. The number of nitrogens with zero attached hydrogens (tertiary/aromatic N) is 4. The highest BCUT2D eigenvalue weighted by atomic mass is 16.5. The van der Waals surface area contributed by atoms with Crippen LogP contribution in [-0.2, 0) is 30.5 Å². The Morgan fingerprint density at radius 3 is 2.59 bits per heavy atom. The third-order valence-corrected chi connectivity index (χ3v) is 7.39. The predicted octanol–water partition coefficient (Wildman–Crippen LogP) is 2.91. The van der Waals surface area contributed by atoms with E-state index in [9.17, 15) is 19.2 Å². The number of hydrogen-bond donors (Lipinski definition) is 3. The second-order valence-corrected chi connectivity index (χ2v) is 11.3. The van der Waals surface area contributed by atoms with Crippen LogP contribution in [0.2, 0.25) is 0 Å². The SMILES string of the molecule is C/C=C/c1ccc2ccc([C@@H](C)OC(=O)[C@@H]3CCCN(C(=O)[C@H](Cn4cccn4)NC(=O)[C@@H](NC(C)=O)C(C)C)N3)nc2c1.